The van der Waals surface area contributed by atoms with Crippen LogP contribution in [0.2, 0.25) is 0 Å². The molecule has 0 saturated heterocycles. The zero-order valence-electron chi connectivity index (χ0n) is 14.3. The summed E-state index contributed by atoms with van der Waals surface area (Å²) in [7, 11) is -1.64. The van der Waals surface area contributed by atoms with Gasteiger partial charge < -0.3 is 4.74 Å². The minimum Gasteiger partial charge on any atom is -0.385 e. The van der Waals surface area contributed by atoms with Gasteiger partial charge in [-0.15, -0.1) is 0 Å². The minimum absolute atomic E-state index is 0.154. The van der Waals surface area contributed by atoms with E-state index in [1.165, 1.54) is 0 Å². The Morgan fingerprint density at radius 1 is 1.20 bits per heavy atom. The number of methoxy groups -OCH3 is 1. The summed E-state index contributed by atoms with van der Waals surface area (Å²) in [5.41, 5.74) is 3.46. The van der Waals surface area contributed by atoms with Crippen LogP contribution in [0.15, 0.2) is 30.6 Å². The lowest BCUT2D eigenvalue weighted by molar-refractivity contribution is 0.194. The molecule has 0 fully saturated rings. The number of aromatic nitrogens is 3. The van der Waals surface area contributed by atoms with Gasteiger partial charge in [-0.25, -0.2) is 8.42 Å². The van der Waals surface area contributed by atoms with Crippen molar-refractivity contribution >= 4 is 10.0 Å². The first-order valence-electron chi connectivity index (χ1n) is 8.33. The van der Waals surface area contributed by atoms with E-state index in [1.807, 2.05) is 18.2 Å². The summed E-state index contributed by atoms with van der Waals surface area (Å²) >= 11 is 0. The van der Waals surface area contributed by atoms with E-state index in [0.29, 0.717) is 32.5 Å². The molecule has 8 heteroatoms. The molecule has 0 aliphatic carbocycles. The third-order valence-electron chi connectivity index (χ3n) is 4.28. The largest absolute Gasteiger partial charge is 0.385 e. The lowest BCUT2D eigenvalue weighted by Crippen LogP contribution is -2.38. The molecule has 25 heavy (non-hydrogen) atoms. The van der Waals surface area contributed by atoms with E-state index in [4.69, 9.17) is 4.74 Å². The summed E-state index contributed by atoms with van der Waals surface area (Å²) < 4.78 is 31.6. The third kappa shape index (κ3) is 4.39. The SMILES string of the molecule is COCCCCS(=O)(=O)N1CCc2nnc(-c3ccncc3)cc2C1. The monoisotopic (exact) mass is 362 g/mol. The highest BCUT2D eigenvalue weighted by atomic mass is 32.2. The van der Waals surface area contributed by atoms with Crippen LogP contribution in [0.3, 0.4) is 0 Å². The van der Waals surface area contributed by atoms with Crippen molar-refractivity contribution in [2.24, 2.45) is 0 Å². The minimum atomic E-state index is -3.26. The van der Waals surface area contributed by atoms with Gasteiger partial charge in [0.25, 0.3) is 0 Å². The molecule has 3 rings (SSSR count). The molecular formula is C17H22N4O3S. The number of unbranched alkanes of at least 4 members (excludes halogenated alkanes) is 1. The molecule has 0 radical (unpaired) electrons. The fourth-order valence-electron chi connectivity index (χ4n) is 2.86. The standard InChI is InChI=1S/C17H22N4O3S/c1-24-10-2-3-11-25(22,23)21-9-6-16-15(13-21)12-17(20-19-16)14-4-7-18-8-5-14/h4-5,7-8,12H,2-3,6,9-11,13H2,1H3. The van der Waals surface area contributed by atoms with Gasteiger partial charge in [-0.05, 0) is 36.6 Å². The average molecular weight is 362 g/mol. The maximum absolute atomic E-state index is 12.6. The number of hydrogen-bond acceptors (Lipinski definition) is 6. The second-order valence-corrected chi connectivity index (χ2v) is 8.13. The summed E-state index contributed by atoms with van der Waals surface area (Å²) in [6.45, 7) is 1.40. The van der Waals surface area contributed by atoms with E-state index in [9.17, 15) is 8.42 Å². The topological polar surface area (TPSA) is 85.3 Å². The van der Waals surface area contributed by atoms with Gasteiger partial charge in [0.05, 0.1) is 17.1 Å². The first-order chi connectivity index (χ1) is 12.1. The molecule has 0 aromatic carbocycles. The summed E-state index contributed by atoms with van der Waals surface area (Å²) in [6, 6.07) is 5.66. The molecule has 0 unspecified atom stereocenters. The van der Waals surface area contributed by atoms with Crippen LogP contribution in [-0.4, -0.2) is 53.9 Å². The predicted octanol–water partition coefficient (Wildman–Crippen LogP) is 1.65. The molecule has 0 amide bonds. The Labute approximate surface area is 148 Å². The van der Waals surface area contributed by atoms with Crippen LogP contribution in [0, 0.1) is 0 Å². The van der Waals surface area contributed by atoms with Crippen molar-refractivity contribution in [1.82, 2.24) is 19.5 Å². The summed E-state index contributed by atoms with van der Waals surface area (Å²) in [4.78, 5) is 4.00. The molecule has 1 aliphatic heterocycles. The number of rotatable bonds is 7. The number of ether oxygens (including phenoxy) is 1. The van der Waals surface area contributed by atoms with Crippen LogP contribution in [0.4, 0.5) is 0 Å². The van der Waals surface area contributed by atoms with Crippen LogP contribution < -0.4 is 0 Å². The lowest BCUT2D eigenvalue weighted by Gasteiger charge is -2.27. The lowest BCUT2D eigenvalue weighted by atomic mass is 10.1. The van der Waals surface area contributed by atoms with Crippen molar-refractivity contribution in [1.29, 1.82) is 0 Å². The van der Waals surface area contributed by atoms with Gasteiger partial charge in [-0.2, -0.15) is 14.5 Å². The molecule has 0 spiro atoms. The smallest absolute Gasteiger partial charge is 0.214 e. The van der Waals surface area contributed by atoms with E-state index in [1.54, 1.807) is 23.8 Å². The molecule has 0 N–H and O–H groups in total. The maximum atomic E-state index is 12.6. The Kier molecular flexibility index (Phi) is 5.72. The molecule has 7 nitrogen and oxygen atoms in total. The van der Waals surface area contributed by atoms with E-state index >= 15 is 0 Å². The van der Waals surface area contributed by atoms with Crippen molar-refractivity contribution in [3.05, 3.63) is 41.9 Å². The second kappa shape index (κ2) is 7.99. The van der Waals surface area contributed by atoms with Crippen molar-refractivity contribution in [2.45, 2.75) is 25.8 Å². The quantitative estimate of drug-likeness (QED) is 0.696. The highest BCUT2D eigenvalue weighted by molar-refractivity contribution is 7.89. The Hall–Kier alpha value is -1.90. The Balaban J connectivity index is 1.74. The van der Waals surface area contributed by atoms with Gasteiger partial charge in [-0.1, -0.05) is 0 Å². The van der Waals surface area contributed by atoms with Gasteiger partial charge in [-0.3, -0.25) is 4.98 Å². The van der Waals surface area contributed by atoms with Gasteiger partial charge in [0.1, 0.15) is 0 Å². The number of fused-ring (bicyclic) bond motifs is 1. The van der Waals surface area contributed by atoms with Crippen LogP contribution >= 0.6 is 0 Å². The van der Waals surface area contributed by atoms with Gasteiger partial charge >= 0.3 is 0 Å². The van der Waals surface area contributed by atoms with Gasteiger partial charge in [0, 0.05) is 51.2 Å². The zero-order chi connectivity index (χ0) is 17.7. The average Bonchev–Trinajstić information content (AvgIpc) is 2.65. The van der Waals surface area contributed by atoms with Crippen LogP contribution in [0.25, 0.3) is 11.3 Å². The van der Waals surface area contributed by atoms with Gasteiger partial charge in [0.2, 0.25) is 10.0 Å². The number of nitrogens with zero attached hydrogens (tertiary/aromatic N) is 4. The first-order valence-corrected chi connectivity index (χ1v) is 9.94. The van der Waals surface area contributed by atoms with E-state index in [0.717, 1.165) is 28.9 Å². The Morgan fingerprint density at radius 3 is 2.76 bits per heavy atom. The predicted molar refractivity (Wildman–Crippen MR) is 94.3 cm³/mol. The van der Waals surface area contributed by atoms with Crippen molar-refractivity contribution in [3.63, 3.8) is 0 Å². The number of hydrogen-bond donors (Lipinski definition) is 0. The first kappa shape index (κ1) is 17.9. The molecule has 1 aliphatic rings. The summed E-state index contributed by atoms with van der Waals surface area (Å²) in [5.74, 6) is 0.154. The van der Waals surface area contributed by atoms with E-state index in [-0.39, 0.29) is 5.75 Å². The number of sulfonamides is 1. The van der Waals surface area contributed by atoms with Crippen molar-refractivity contribution < 1.29 is 13.2 Å². The summed E-state index contributed by atoms with van der Waals surface area (Å²) in [5, 5.41) is 8.55. The normalized spacial score (nSPS) is 15.1. The fraction of sp³-hybridized carbons (Fsp3) is 0.471. The fourth-order valence-corrected chi connectivity index (χ4v) is 4.40. The molecular weight excluding hydrogens is 340 g/mol. The molecule has 0 atom stereocenters. The highest BCUT2D eigenvalue weighted by Gasteiger charge is 2.27. The second-order valence-electron chi connectivity index (χ2n) is 6.04. The van der Waals surface area contributed by atoms with E-state index in [2.05, 4.69) is 15.2 Å². The Morgan fingerprint density at radius 2 is 2.00 bits per heavy atom. The van der Waals surface area contributed by atoms with Crippen LogP contribution in [0.1, 0.15) is 24.1 Å². The molecule has 3 heterocycles. The molecule has 2 aromatic rings. The van der Waals surface area contributed by atoms with Crippen LogP contribution in [-0.2, 0) is 27.7 Å². The molecule has 134 valence electrons. The van der Waals surface area contributed by atoms with Gasteiger partial charge in [0.15, 0.2) is 0 Å². The zero-order valence-corrected chi connectivity index (χ0v) is 15.1. The maximum Gasteiger partial charge on any atom is 0.214 e. The Bertz CT molecular complexity index is 812. The molecule has 0 bridgehead atoms. The molecule has 2 aromatic heterocycles. The van der Waals surface area contributed by atoms with Crippen LogP contribution in [0.5, 0.6) is 0 Å². The molecule has 0 saturated carbocycles. The third-order valence-corrected chi connectivity index (χ3v) is 6.18. The van der Waals surface area contributed by atoms with Crippen molar-refractivity contribution in [3.8, 4) is 11.3 Å². The number of pyridine rings is 1. The highest BCUT2D eigenvalue weighted by Crippen LogP contribution is 2.24. The van der Waals surface area contributed by atoms with E-state index < -0.39 is 10.0 Å². The van der Waals surface area contributed by atoms with Crippen molar-refractivity contribution in [2.75, 3.05) is 26.0 Å². The summed E-state index contributed by atoms with van der Waals surface area (Å²) in [6.07, 6.45) is 5.35.